The molecule has 0 unspecified atom stereocenters. The van der Waals surface area contributed by atoms with Gasteiger partial charge in [0, 0.05) is 57.7 Å². The van der Waals surface area contributed by atoms with Crippen molar-refractivity contribution in [3.63, 3.8) is 0 Å². The van der Waals surface area contributed by atoms with E-state index in [0.717, 1.165) is 38.5 Å². The number of rotatable bonds is 4. The Hall–Kier alpha value is -2.07. The highest BCUT2D eigenvalue weighted by molar-refractivity contribution is 5.53. The van der Waals surface area contributed by atoms with Gasteiger partial charge in [-0.25, -0.2) is 4.98 Å². The Bertz CT molecular complexity index is 562. The average molecular weight is 282 g/mol. The van der Waals surface area contributed by atoms with Crippen LogP contribution in [0.3, 0.4) is 0 Å². The van der Waals surface area contributed by atoms with Crippen LogP contribution in [0.25, 0.3) is 0 Å². The summed E-state index contributed by atoms with van der Waals surface area (Å²) in [6, 6.07) is 14.9. The molecule has 0 atom stereocenters. The number of nitrogens with one attached hydrogen (secondary N) is 1. The third kappa shape index (κ3) is 3.52. The van der Waals surface area contributed by atoms with E-state index < -0.39 is 0 Å². The van der Waals surface area contributed by atoms with Crippen molar-refractivity contribution in [3.05, 3.63) is 54.2 Å². The van der Waals surface area contributed by atoms with Gasteiger partial charge < -0.3 is 10.2 Å². The SMILES string of the molecule is CNc1cc(N2CCN(Cc3ccccc3)CC2)ccn1. The van der Waals surface area contributed by atoms with E-state index in [1.165, 1.54) is 11.3 Å². The maximum Gasteiger partial charge on any atom is 0.127 e. The highest BCUT2D eigenvalue weighted by Gasteiger charge is 2.17. The average Bonchev–Trinajstić information content (AvgIpc) is 2.56. The van der Waals surface area contributed by atoms with Crippen LogP contribution >= 0.6 is 0 Å². The fraction of sp³-hybridized carbons (Fsp3) is 0.353. The molecule has 0 aliphatic carbocycles. The maximum atomic E-state index is 4.28. The summed E-state index contributed by atoms with van der Waals surface area (Å²) >= 11 is 0. The predicted molar refractivity (Wildman–Crippen MR) is 87.7 cm³/mol. The third-order valence-electron chi connectivity index (χ3n) is 3.99. The second-order valence-corrected chi connectivity index (χ2v) is 5.40. The van der Waals surface area contributed by atoms with Crippen LogP contribution in [0.5, 0.6) is 0 Å². The minimum atomic E-state index is 0.930. The van der Waals surface area contributed by atoms with Crippen molar-refractivity contribution in [2.75, 3.05) is 43.4 Å². The topological polar surface area (TPSA) is 31.4 Å². The number of piperazine rings is 1. The van der Waals surface area contributed by atoms with Crippen molar-refractivity contribution >= 4 is 11.5 Å². The van der Waals surface area contributed by atoms with Crippen LogP contribution in [0, 0.1) is 0 Å². The zero-order valence-corrected chi connectivity index (χ0v) is 12.5. The van der Waals surface area contributed by atoms with E-state index in [2.05, 4.69) is 62.6 Å². The molecule has 1 fully saturated rings. The van der Waals surface area contributed by atoms with Crippen molar-refractivity contribution in [1.29, 1.82) is 0 Å². The standard InChI is InChI=1S/C17H22N4/c1-18-17-13-16(7-8-19-17)21-11-9-20(10-12-21)14-15-5-3-2-4-6-15/h2-8,13H,9-12,14H2,1H3,(H,18,19). The summed E-state index contributed by atoms with van der Waals surface area (Å²) in [6.45, 7) is 5.39. The molecule has 110 valence electrons. The van der Waals surface area contributed by atoms with Crippen molar-refractivity contribution in [2.45, 2.75) is 6.54 Å². The molecule has 1 N–H and O–H groups in total. The molecule has 0 amide bonds. The molecule has 3 rings (SSSR count). The van der Waals surface area contributed by atoms with E-state index in [9.17, 15) is 0 Å². The molecule has 21 heavy (non-hydrogen) atoms. The van der Waals surface area contributed by atoms with E-state index in [1.54, 1.807) is 0 Å². The van der Waals surface area contributed by atoms with E-state index in [0.29, 0.717) is 0 Å². The molecule has 4 heteroatoms. The summed E-state index contributed by atoms with van der Waals surface area (Å²) in [7, 11) is 1.91. The normalized spacial score (nSPS) is 16.0. The number of hydrogen-bond acceptors (Lipinski definition) is 4. The van der Waals surface area contributed by atoms with Gasteiger partial charge in [0.1, 0.15) is 5.82 Å². The van der Waals surface area contributed by atoms with Gasteiger partial charge >= 0.3 is 0 Å². The van der Waals surface area contributed by atoms with Crippen LogP contribution in [0.4, 0.5) is 11.5 Å². The van der Waals surface area contributed by atoms with Crippen LogP contribution in [0.2, 0.25) is 0 Å². The predicted octanol–water partition coefficient (Wildman–Crippen LogP) is 2.45. The molecule has 0 radical (unpaired) electrons. The molecule has 0 spiro atoms. The van der Waals surface area contributed by atoms with E-state index in [4.69, 9.17) is 0 Å². The smallest absolute Gasteiger partial charge is 0.127 e. The van der Waals surface area contributed by atoms with E-state index in [1.807, 2.05) is 13.2 Å². The molecule has 2 aromatic rings. The number of pyridine rings is 1. The van der Waals surface area contributed by atoms with Gasteiger partial charge in [0.05, 0.1) is 0 Å². The highest BCUT2D eigenvalue weighted by Crippen LogP contribution is 2.19. The Morgan fingerprint density at radius 1 is 1.05 bits per heavy atom. The fourth-order valence-corrected chi connectivity index (χ4v) is 2.76. The van der Waals surface area contributed by atoms with Gasteiger partial charge in [0.15, 0.2) is 0 Å². The second-order valence-electron chi connectivity index (χ2n) is 5.40. The summed E-state index contributed by atoms with van der Waals surface area (Å²) in [5, 5.41) is 3.10. The zero-order chi connectivity index (χ0) is 14.5. The monoisotopic (exact) mass is 282 g/mol. The molecule has 1 aromatic heterocycles. The molecule has 1 aliphatic heterocycles. The first kappa shape index (κ1) is 13.9. The quantitative estimate of drug-likeness (QED) is 0.933. The van der Waals surface area contributed by atoms with Gasteiger partial charge in [0.25, 0.3) is 0 Å². The Morgan fingerprint density at radius 3 is 2.52 bits per heavy atom. The largest absolute Gasteiger partial charge is 0.373 e. The highest BCUT2D eigenvalue weighted by atomic mass is 15.3. The lowest BCUT2D eigenvalue weighted by Crippen LogP contribution is -2.46. The van der Waals surface area contributed by atoms with Gasteiger partial charge in [-0.1, -0.05) is 30.3 Å². The summed E-state index contributed by atoms with van der Waals surface area (Å²) in [5.74, 6) is 0.930. The minimum absolute atomic E-state index is 0.930. The van der Waals surface area contributed by atoms with Crippen molar-refractivity contribution < 1.29 is 0 Å². The number of benzene rings is 1. The maximum absolute atomic E-state index is 4.28. The molecule has 2 heterocycles. The molecule has 4 nitrogen and oxygen atoms in total. The first-order chi connectivity index (χ1) is 10.3. The van der Waals surface area contributed by atoms with Crippen LogP contribution < -0.4 is 10.2 Å². The minimum Gasteiger partial charge on any atom is -0.373 e. The molecule has 1 aliphatic rings. The molecule has 0 saturated carbocycles. The summed E-state index contributed by atoms with van der Waals surface area (Å²) in [4.78, 5) is 9.23. The number of nitrogens with zero attached hydrogens (tertiary/aromatic N) is 3. The second kappa shape index (κ2) is 6.59. The van der Waals surface area contributed by atoms with Crippen molar-refractivity contribution in [1.82, 2.24) is 9.88 Å². The Labute approximate surface area is 126 Å². The number of anilines is 2. The molecular weight excluding hydrogens is 260 g/mol. The lowest BCUT2D eigenvalue weighted by molar-refractivity contribution is 0.250. The Morgan fingerprint density at radius 2 is 1.81 bits per heavy atom. The van der Waals surface area contributed by atoms with Crippen molar-refractivity contribution in [3.8, 4) is 0 Å². The first-order valence-corrected chi connectivity index (χ1v) is 7.50. The Balaban J connectivity index is 1.57. The van der Waals surface area contributed by atoms with Gasteiger partial charge in [-0.15, -0.1) is 0 Å². The first-order valence-electron chi connectivity index (χ1n) is 7.50. The van der Waals surface area contributed by atoms with Crippen molar-refractivity contribution in [2.24, 2.45) is 0 Å². The van der Waals surface area contributed by atoms with Gasteiger partial charge in [-0.05, 0) is 11.6 Å². The summed E-state index contributed by atoms with van der Waals surface area (Å²) in [6.07, 6.45) is 1.87. The van der Waals surface area contributed by atoms with Gasteiger partial charge in [0.2, 0.25) is 0 Å². The van der Waals surface area contributed by atoms with Crippen LogP contribution in [-0.4, -0.2) is 43.1 Å². The van der Waals surface area contributed by atoms with Crippen LogP contribution in [-0.2, 0) is 6.54 Å². The van der Waals surface area contributed by atoms with Gasteiger partial charge in [-0.3, -0.25) is 4.90 Å². The molecule has 0 bridgehead atoms. The zero-order valence-electron chi connectivity index (χ0n) is 12.5. The summed E-state index contributed by atoms with van der Waals surface area (Å²) in [5.41, 5.74) is 2.65. The fourth-order valence-electron chi connectivity index (χ4n) is 2.76. The van der Waals surface area contributed by atoms with Gasteiger partial charge in [-0.2, -0.15) is 0 Å². The van der Waals surface area contributed by atoms with Crippen LogP contribution in [0.15, 0.2) is 48.7 Å². The molecule has 1 saturated heterocycles. The van der Waals surface area contributed by atoms with Crippen LogP contribution in [0.1, 0.15) is 5.56 Å². The van der Waals surface area contributed by atoms with E-state index in [-0.39, 0.29) is 0 Å². The molecular formula is C17H22N4. The lowest BCUT2D eigenvalue weighted by atomic mass is 10.2. The number of hydrogen-bond donors (Lipinski definition) is 1. The Kier molecular flexibility index (Phi) is 4.36. The number of aromatic nitrogens is 1. The summed E-state index contributed by atoms with van der Waals surface area (Å²) < 4.78 is 0. The molecule has 1 aromatic carbocycles. The lowest BCUT2D eigenvalue weighted by Gasteiger charge is -2.36. The third-order valence-corrected chi connectivity index (χ3v) is 3.99. The van der Waals surface area contributed by atoms with E-state index >= 15 is 0 Å².